The highest BCUT2D eigenvalue weighted by molar-refractivity contribution is 5.37. The van der Waals surface area contributed by atoms with Gasteiger partial charge in [-0.25, -0.2) is 9.97 Å². The van der Waals surface area contributed by atoms with E-state index >= 15 is 0 Å². The van der Waals surface area contributed by atoms with Crippen LogP contribution in [0.5, 0.6) is 0 Å². The Hall–Kier alpha value is -1.94. The van der Waals surface area contributed by atoms with Crippen LogP contribution in [-0.2, 0) is 6.61 Å². The maximum Gasteiger partial charge on any atom is 0.156 e. The van der Waals surface area contributed by atoms with Crippen molar-refractivity contribution in [3.63, 3.8) is 0 Å². The first-order valence-electron chi connectivity index (χ1n) is 5.54. The van der Waals surface area contributed by atoms with Crippen molar-refractivity contribution < 1.29 is 5.11 Å². The van der Waals surface area contributed by atoms with Crippen molar-refractivity contribution in [3.8, 4) is 0 Å². The maximum absolute atomic E-state index is 8.96. The van der Waals surface area contributed by atoms with E-state index in [4.69, 9.17) is 5.11 Å². The summed E-state index contributed by atoms with van der Waals surface area (Å²) in [5.74, 6) is 1.15. The van der Waals surface area contributed by atoms with Gasteiger partial charge in [-0.05, 0) is 18.6 Å². The normalized spacial score (nSPS) is 12.1. The molecule has 88 valence electrons. The molecule has 4 heteroatoms. The first-order valence-corrected chi connectivity index (χ1v) is 5.54. The lowest BCUT2D eigenvalue weighted by molar-refractivity contribution is 0.271. The van der Waals surface area contributed by atoms with E-state index in [0.717, 1.165) is 5.82 Å². The number of nitrogens with one attached hydrogen (secondary N) is 1. The van der Waals surface area contributed by atoms with Gasteiger partial charge < -0.3 is 10.4 Å². The van der Waals surface area contributed by atoms with Crippen molar-refractivity contribution in [3.05, 3.63) is 54.0 Å². The maximum atomic E-state index is 8.96. The number of aromatic nitrogens is 2. The van der Waals surface area contributed by atoms with Crippen molar-refractivity contribution in [2.24, 2.45) is 0 Å². The first kappa shape index (κ1) is 11.5. The van der Waals surface area contributed by atoms with E-state index < -0.39 is 0 Å². The van der Waals surface area contributed by atoms with Crippen molar-refractivity contribution in [2.45, 2.75) is 19.6 Å². The fourth-order valence-electron chi connectivity index (χ4n) is 1.60. The van der Waals surface area contributed by atoms with Crippen LogP contribution >= 0.6 is 0 Å². The number of rotatable bonds is 4. The van der Waals surface area contributed by atoms with Gasteiger partial charge in [-0.2, -0.15) is 0 Å². The zero-order valence-corrected chi connectivity index (χ0v) is 9.67. The van der Waals surface area contributed by atoms with Crippen LogP contribution in [0.4, 0.5) is 5.82 Å². The van der Waals surface area contributed by atoms with Crippen LogP contribution in [0, 0.1) is 0 Å². The molecule has 1 atom stereocenters. The lowest BCUT2D eigenvalue weighted by Gasteiger charge is -2.14. The number of anilines is 1. The molecule has 2 N–H and O–H groups in total. The molecule has 0 aliphatic carbocycles. The minimum Gasteiger partial charge on any atom is -0.388 e. The molecule has 1 heterocycles. The summed E-state index contributed by atoms with van der Waals surface area (Å²) in [6, 6.07) is 12.1. The molecule has 1 aromatic heterocycles. The fraction of sp³-hybridized carbons (Fsp3) is 0.231. The molecule has 0 bridgehead atoms. The smallest absolute Gasteiger partial charge is 0.156 e. The van der Waals surface area contributed by atoms with Crippen molar-refractivity contribution in [1.29, 1.82) is 0 Å². The summed E-state index contributed by atoms with van der Waals surface area (Å²) in [5.41, 5.74) is 1.19. The second-order valence-corrected chi connectivity index (χ2v) is 3.79. The summed E-state index contributed by atoms with van der Waals surface area (Å²) in [4.78, 5) is 8.12. The summed E-state index contributed by atoms with van der Waals surface area (Å²) in [6.07, 6.45) is 1.64. The predicted molar refractivity (Wildman–Crippen MR) is 66.4 cm³/mol. The van der Waals surface area contributed by atoms with E-state index in [9.17, 15) is 0 Å². The predicted octanol–water partition coefficient (Wildman–Crippen LogP) is 2.14. The number of hydrogen-bond donors (Lipinski definition) is 2. The Kier molecular flexibility index (Phi) is 3.67. The van der Waals surface area contributed by atoms with Gasteiger partial charge in [0.1, 0.15) is 12.4 Å². The molecule has 4 nitrogen and oxygen atoms in total. The van der Waals surface area contributed by atoms with Crippen LogP contribution in [0.3, 0.4) is 0 Å². The largest absolute Gasteiger partial charge is 0.388 e. The Morgan fingerprint density at radius 1 is 1.24 bits per heavy atom. The Labute approximate surface area is 100 Å². The van der Waals surface area contributed by atoms with Crippen molar-refractivity contribution in [2.75, 3.05) is 5.32 Å². The van der Waals surface area contributed by atoms with Gasteiger partial charge in [0, 0.05) is 12.2 Å². The third-order valence-electron chi connectivity index (χ3n) is 2.51. The van der Waals surface area contributed by atoms with Crippen LogP contribution in [0.15, 0.2) is 42.6 Å². The van der Waals surface area contributed by atoms with Crippen LogP contribution in [-0.4, -0.2) is 15.1 Å². The SMILES string of the molecule is CC(Nc1ccnc(CO)n1)c1ccccc1. The van der Waals surface area contributed by atoms with Gasteiger partial charge >= 0.3 is 0 Å². The fourth-order valence-corrected chi connectivity index (χ4v) is 1.60. The van der Waals surface area contributed by atoms with Gasteiger partial charge in [-0.3, -0.25) is 0 Å². The lowest BCUT2D eigenvalue weighted by atomic mass is 10.1. The quantitative estimate of drug-likeness (QED) is 0.843. The number of aliphatic hydroxyl groups is 1. The van der Waals surface area contributed by atoms with Gasteiger partial charge in [0.15, 0.2) is 5.82 Å². The molecule has 2 rings (SSSR count). The molecule has 1 unspecified atom stereocenters. The van der Waals surface area contributed by atoms with Crippen LogP contribution in [0.2, 0.25) is 0 Å². The molecule has 2 aromatic rings. The minimum absolute atomic E-state index is 0.144. The van der Waals surface area contributed by atoms with Crippen molar-refractivity contribution in [1.82, 2.24) is 9.97 Å². The molecular weight excluding hydrogens is 214 g/mol. The van der Waals surface area contributed by atoms with E-state index in [1.165, 1.54) is 5.56 Å². The second-order valence-electron chi connectivity index (χ2n) is 3.79. The van der Waals surface area contributed by atoms with E-state index in [2.05, 4.69) is 34.3 Å². The summed E-state index contributed by atoms with van der Waals surface area (Å²) >= 11 is 0. The zero-order chi connectivity index (χ0) is 12.1. The molecular formula is C13H15N3O. The summed E-state index contributed by atoms with van der Waals surface area (Å²) < 4.78 is 0. The van der Waals surface area contributed by atoms with Gasteiger partial charge in [0.25, 0.3) is 0 Å². The zero-order valence-electron chi connectivity index (χ0n) is 9.67. The van der Waals surface area contributed by atoms with Gasteiger partial charge in [-0.1, -0.05) is 30.3 Å². The molecule has 0 fully saturated rings. The van der Waals surface area contributed by atoms with Crippen molar-refractivity contribution >= 4 is 5.82 Å². The number of hydrogen-bond acceptors (Lipinski definition) is 4. The van der Waals surface area contributed by atoms with E-state index in [1.54, 1.807) is 12.3 Å². The second kappa shape index (κ2) is 5.41. The summed E-state index contributed by atoms with van der Waals surface area (Å²) in [5, 5.41) is 12.2. The molecule has 0 saturated carbocycles. The van der Waals surface area contributed by atoms with Gasteiger partial charge in [0.05, 0.1) is 0 Å². The standard InChI is InChI=1S/C13H15N3O/c1-10(11-5-3-2-4-6-11)15-12-7-8-14-13(9-17)16-12/h2-8,10,17H,9H2,1H3,(H,14,15,16). The molecule has 17 heavy (non-hydrogen) atoms. The van der Waals surface area contributed by atoms with E-state index in [0.29, 0.717) is 5.82 Å². The third kappa shape index (κ3) is 3.01. The highest BCUT2D eigenvalue weighted by Gasteiger charge is 2.05. The van der Waals surface area contributed by atoms with E-state index in [-0.39, 0.29) is 12.6 Å². The molecule has 0 radical (unpaired) electrons. The molecule has 0 saturated heterocycles. The Balaban J connectivity index is 2.10. The number of aliphatic hydroxyl groups excluding tert-OH is 1. The van der Waals surface area contributed by atoms with Crippen LogP contribution < -0.4 is 5.32 Å². The first-order chi connectivity index (χ1) is 8.29. The highest BCUT2D eigenvalue weighted by Crippen LogP contribution is 2.16. The van der Waals surface area contributed by atoms with Crippen LogP contribution in [0.25, 0.3) is 0 Å². The average molecular weight is 229 g/mol. The average Bonchev–Trinajstić information content (AvgIpc) is 2.40. The monoisotopic (exact) mass is 229 g/mol. The van der Waals surface area contributed by atoms with Crippen LogP contribution in [0.1, 0.15) is 24.4 Å². The highest BCUT2D eigenvalue weighted by atomic mass is 16.3. The summed E-state index contributed by atoms with van der Waals surface area (Å²) in [7, 11) is 0. The van der Waals surface area contributed by atoms with E-state index in [1.807, 2.05) is 18.2 Å². The molecule has 0 amide bonds. The Bertz CT molecular complexity index is 473. The number of nitrogens with zero attached hydrogens (tertiary/aromatic N) is 2. The van der Waals surface area contributed by atoms with Gasteiger partial charge in [-0.15, -0.1) is 0 Å². The lowest BCUT2D eigenvalue weighted by Crippen LogP contribution is -2.09. The Morgan fingerprint density at radius 2 is 2.00 bits per heavy atom. The topological polar surface area (TPSA) is 58.0 Å². The Morgan fingerprint density at radius 3 is 2.71 bits per heavy atom. The summed E-state index contributed by atoms with van der Waals surface area (Å²) in [6.45, 7) is 1.92. The molecule has 1 aromatic carbocycles. The van der Waals surface area contributed by atoms with Gasteiger partial charge in [0.2, 0.25) is 0 Å². The third-order valence-corrected chi connectivity index (χ3v) is 2.51. The number of benzene rings is 1. The minimum atomic E-state index is -0.144. The molecule has 0 aliphatic heterocycles. The molecule has 0 spiro atoms. The molecule has 0 aliphatic rings.